The quantitative estimate of drug-likeness (QED) is 0.576. The molecule has 0 bridgehead atoms. The summed E-state index contributed by atoms with van der Waals surface area (Å²) in [6, 6.07) is 25.7. The molecule has 4 rings (SSSR count). The summed E-state index contributed by atoms with van der Waals surface area (Å²) in [6.07, 6.45) is 0. The summed E-state index contributed by atoms with van der Waals surface area (Å²) >= 11 is 0. The summed E-state index contributed by atoms with van der Waals surface area (Å²) < 4.78 is 0. The number of amides is 1. The van der Waals surface area contributed by atoms with Crippen molar-refractivity contribution in [3.05, 3.63) is 78.9 Å². The van der Waals surface area contributed by atoms with E-state index in [1.165, 1.54) is 6.92 Å². The highest BCUT2D eigenvalue weighted by Crippen LogP contribution is 2.29. The number of hydrogen-bond donors (Lipinski definition) is 1. The molecular weight excluding hydrogens is 322 g/mol. The summed E-state index contributed by atoms with van der Waals surface area (Å²) in [5.41, 5.74) is 4.54. The van der Waals surface area contributed by atoms with E-state index in [-0.39, 0.29) is 5.91 Å². The van der Waals surface area contributed by atoms with E-state index in [1.54, 1.807) is 0 Å². The van der Waals surface area contributed by atoms with E-state index in [1.807, 2.05) is 66.7 Å². The van der Waals surface area contributed by atoms with Crippen LogP contribution in [0.1, 0.15) is 6.92 Å². The van der Waals surface area contributed by atoms with Gasteiger partial charge in [-0.25, -0.2) is 9.97 Å². The summed E-state index contributed by atoms with van der Waals surface area (Å²) in [5.74, 6) is 0.572. The molecule has 0 atom stereocenters. The minimum Gasteiger partial charge on any atom is -0.326 e. The van der Waals surface area contributed by atoms with Gasteiger partial charge in [-0.1, -0.05) is 48.5 Å². The van der Waals surface area contributed by atoms with Gasteiger partial charge in [0.1, 0.15) is 0 Å². The van der Waals surface area contributed by atoms with E-state index in [0.717, 1.165) is 33.4 Å². The van der Waals surface area contributed by atoms with E-state index in [9.17, 15) is 4.79 Å². The van der Waals surface area contributed by atoms with E-state index in [0.29, 0.717) is 5.82 Å². The molecule has 1 N–H and O–H groups in total. The van der Waals surface area contributed by atoms with Crippen molar-refractivity contribution >= 4 is 22.5 Å². The molecule has 0 unspecified atom stereocenters. The average molecular weight is 339 g/mol. The average Bonchev–Trinajstić information content (AvgIpc) is 2.68. The number of hydrogen-bond acceptors (Lipinski definition) is 3. The van der Waals surface area contributed by atoms with Crippen LogP contribution >= 0.6 is 0 Å². The number of carbonyl (C=O) groups is 1. The minimum absolute atomic E-state index is 0.0916. The van der Waals surface area contributed by atoms with Crippen LogP contribution in [0.5, 0.6) is 0 Å². The second-order valence-corrected chi connectivity index (χ2v) is 6.04. The summed E-state index contributed by atoms with van der Waals surface area (Å²) in [4.78, 5) is 20.7. The molecule has 0 saturated heterocycles. The molecule has 4 nitrogen and oxygen atoms in total. The van der Waals surface area contributed by atoms with E-state index >= 15 is 0 Å². The van der Waals surface area contributed by atoms with E-state index in [4.69, 9.17) is 9.97 Å². The molecule has 0 aliphatic rings. The minimum atomic E-state index is -0.0916. The van der Waals surface area contributed by atoms with Gasteiger partial charge in [0.2, 0.25) is 5.91 Å². The third-order valence-electron chi connectivity index (χ3n) is 4.11. The van der Waals surface area contributed by atoms with Crippen molar-refractivity contribution < 1.29 is 4.79 Å². The van der Waals surface area contributed by atoms with Gasteiger partial charge in [0.05, 0.1) is 11.2 Å². The van der Waals surface area contributed by atoms with E-state index in [2.05, 4.69) is 17.4 Å². The van der Waals surface area contributed by atoms with Gasteiger partial charge in [0.25, 0.3) is 0 Å². The Hall–Kier alpha value is -3.53. The van der Waals surface area contributed by atoms with Crippen molar-refractivity contribution in [1.29, 1.82) is 0 Å². The Morgan fingerprint density at radius 2 is 1.46 bits per heavy atom. The fourth-order valence-corrected chi connectivity index (χ4v) is 2.93. The molecule has 0 aliphatic carbocycles. The Bertz CT molecular complexity index is 1070. The van der Waals surface area contributed by atoms with Crippen LogP contribution in [-0.2, 0) is 4.79 Å². The standard InChI is InChI=1S/C22H17N3O/c1-15(26)23-18-13-11-17(12-14-18)22-24-20-10-6-5-9-19(20)21(25-22)16-7-3-2-4-8-16/h2-14H,1H3,(H,23,26). The Morgan fingerprint density at radius 1 is 0.769 bits per heavy atom. The molecule has 0 saturated carbocycles. The van der Waals surface area contributed by atoms with Crippen molar-refractivity contribution in [2.75, 3.05) is 5.32 Å². The molecule has 0 fully saturated rings. The topological polar surface area (TPSA) is 54.9 Å². The molecule has 4 heteroatoms. The zero-order valence-corrected chi connectivity index (χ0v) is 14.3. The number of benzene rings is 3. The van der Waals surface area contributed by atoms with Crippen LogP contribution in [0.3, 0.4) is 0 Å². The lowest BCUT2D eigenvalue weighted by Gasteiger charge is -2.10. The first-order chi connectivity index (χ1) is 12.7. The number of rotatable bonds is 3. The normalized spacial score (nSPS) is 10.7. The van der Waals surface area contributed by atoms with Gasteiger partial charge in [0, 0.05) is 29.1 Å². The SMILES string of the molecule is CC(=O)Nc1ccc(-c2nc(-c3ccccc3)c3ccccc3n2)cc1. The summed E-state index contributed by atoms with van der Waals surface area (Å²) in [7, 11) is 0. The molecule has 0 aliphatic heterocycles. The van der Waals surface area contributed by atoms with Crippen molar-refractivity contribution in [3.63, 3.8) is 0 Å². The molecule has 3 aromatic carbocycles. The first-order valence-corrected chi connectivity index (χ1v) is 8.41. The zero-order valence-electron chi connectivity index (χ0n) is 14.3. The first-order valence-electron chi connectivity index (χ1n) is 8.41. The monoisotopic (exact) mass is 339 g/mol. The molecule has 0 radical (unpaired) electrons. The maximum Gasteiger partial charge on any atom is 0.221 e. The number of aromatic nitrogens is 2. The predicted molar refractivity (Wildman–Crippen MR) is 105 cm³/mol. The summed E-state index contributed by atoms with van der Waals surface area (Å²) in [5, 5.41) is 3.80. The smallest absolute Gasteiger partial charge is 0.221 e. The van der Waals surface area contributed by atoms with Gasteiger partial charge in [-0.15, -0.1) is 0 Å². The molecule has 1 aromatic heterocycles. The molecular formula is C22H17N3O. The van der Waals surface area contributed by atoms with E-state index < -0.39 is 0 Å². The van der Waals surface area contributed by atoms with Crippen molar-refractivity contribution in [2.45, 2.75) is 6.92 Å². The van der Waals surface area contributed by atoms with Crippen LogP contribution in [0.4, 0.5) is 5.69 Å². The molecule has 0 spiro atoms. The maximum absolute atomic E-state index is 11.2. The number of fused-ring (bicyclic) bond motifs is 1. The first kappa shape index (κ1) is 16.0. The van der Waals surface area contributed by atoms with Crippen LogP contribution in [0.25, 0.3) is 33.5 Å². The lowest BCUT2D eigenvalue weighted by atomic mass is 10.1. The fraction of sp³-hybridized carbons (Fsp3) is 0.0455. The van der Waals surface area contributed by atoms with Gasteiger partial charge in [-0.2, -0.15) is 0 Å². The lowest BCUT2D eigenvalue weighted by Crippen LogP contribution is -2.05. The van der Waals surface area contributed by atoms with Crippen LogP contribution in [-0.4, -0.2) is 15.9 Å². The second-order valence-electron chi connectivity index (χ2n) is 6.04. The predicted octanol–water partition coefficient (Wildman–Crippen LogP) is 4.92. The van der Waals surface area contributed by atoms with Crippen molar-refractivity contribution in [1.82, 2.24) is 9.97 Å². The van der Waals surface area contributed by atoms with Crippen LogP contribution in [0.2, 0.25) is 0 Å². The molecule has 1 amide bonds. The van der Waals surface area contributed by atoms with Gasteiger partial charge in [-0.3, -0.25) is 4.79 Å². The van der Waals surface area contributed by atoms with Gasteiger partial charge < -0.3 is 5.32 Å². The van der Waals surface area contributed by atoms with Crippen molar-refractivity contribution in [2.24, 2.45) is 0 Å². The van der Waals surface area contributed by atoms with Gasteiger partial charge in [-0.05, 0) is 30.3 Å². The third-order valence-corrected chi connectivity index (χ3v) is 4.11. The van der Waals surface area contributed by atoms with Gasteiger partial charge >= 0.3 is 0 Å². The Kier molecular flexibility index (Phi) is 4.15. The maximum atomic E-state index is 11.2. The molecule has 126 valence electrons. The lowest BCUT2D eigenvalue weighted by molar-refractivity contribution is -0.114. The number of nitrogens with one attached hydrogen (secondary N) is 1. The van der Waals surface area contributed by atoms with Crippen LogP contribution in [0, 0.1) is 0 Å². The highest BCUT2D eigenvalue weighted by Gasteiger charge is 2.11. The van der Waals surface area contributed by atoms with Gasteiger partial charge in [0.15, 0.2) is 5.82 Å². The number of nitrogens with zero attached hydrogens (tertiary/aromatic N) is 2. The second kappa shape index (κ2) is 6.76. The molecule has 4 aromatic rings. The highest BCUT2D eigenvalue weighted by atomic mass is 16.1. The highest BCUT2D eigenvalue weighted by molar-refractivity contribution is 5.93. The van der Waals surface area contributed by atoms with Crippen LogP contribution < -0.4 is 5.32 Å². The summed E-state index contributed by atoms with van der Waals surface area (Å²) in [6.45, 7) is 1.49. The fourth-order valence-electron chi connectivity index (χ4n) is 2.93. The van der Waals surface area contributed by atoms with Crippen molar-refractivity contribution in [3.8, 4) is 22.6 Å². The Labute approximate surface area is 151 Å². The number of carbonyl (C=O) groups excluding carboxylic acids is 1. The zero-order chi connectivity index (χ0) is 17.9. The molecule has 1 heterocycles. The number of para-hydroxylation sites is 1. The largest absolute Gasteiger partial charge is 0.326 e. The Balaban J connectivity index is 1.85. The Morgan fingerprint density at radius 3 is 2.19 bits per heavy atom. The third kappa shape index (κ3) is 3.17. The number of anilines is 1. The van der Waals surface area contributed by atoms with Crippen LogP contribution in [0.15, 0.2) is 78.9 Å². The molecule has 26 heavy (non-hydrogen) atoms.